The summed E-state index contributed by atoms with van der Waals surface area (Å²) in [7, 11) is 0. The molecular weight excluding hydrogens is 320 g/mol. The standard InChI is InChI=1S/C18H20N4O3/c1-12-11-13(2)22(21-12)9-4-8-19-17(23)14-6-7-15(20-18(14)24)16-5-3-10-25-16/h3,5-7,10-11H,4,8-9H2,1-2H3,(H,19,23)(H,20,24). The average Bonchev–Trinajstić information content (AvgIpc) is 3.21. The largest absolute Gasteiger partial charge is 0.463 e. The van der Waals surface area contributed by atoms with Crippen molar-refractivity contribution in [1.29, 1.82) is 0 Å². The quantitative estimate of drug-likeness (QED) is 0.673. The molecule has 0 aromatic carbocycles. The summed E-state index contributed by atoms with van der Waals surface area (Å²) in [6.07, 6.45) is 2.26. The highest BCUT2D eigenvalue weighted by Crippen LogP contribution is 2.15. The van der Waals surface area contributed by atoms with Gasteiger partial charge in [0.05, 0.1) is 17.7 Å². The molecule has 7 heteroatoms. The van der Waals surface area contributed by atoms with Gasteiger partial charge in [-0.15, -0.1) is 0 Å². The molecule has 0 aliphatic rings. The van der Waals surface area contributed by atoms with Crippen LogP contribution in [0.25, 0.3) is 11.5 Å². The Hall–Kier alpha value is -3.09. The zero-order chi connectivity index (χ0) is 17.8. The molecule has 3 aromatic rings. The summed E-state index contributed by atoms with van der Waals surface area (Å²) in [6, 6.07) is 8.65. The summed E-state index contributed by atoms with van der Waals surface area (Å²) in [5.41, 5.74) is 2.25. The molecule has 3 rings (SSSR count). The lowest BCUT2D eigenvalue weighted by atomic mass is 10.2. The van der Waals surface area contributed by atoms with Crippen molar-refractivity contribution in [2.75, 3.05) is 6.54 Å². The summed E-state index contributed by atoms with van der Waals surface area (Å²) in [5.74, 6) is 0.162. The average molecular weight is 340 g/mol. The van der Waals surface area contributed by atoms with E-state index in [1.807, 2.05) is 24.6 Å². The molecule has 0 aliphatic heterocycles. The van der Waals surface area contributed by atoms with Crippen molar-refractivity contribution >= 4 is 5.91 Å². The summed E-state index contributed by atoms with van der Waals surface area (Å²) < 4.78 is 7.14. The van der Waals surface area contributed by atoms with E-state index in [4.69, 9.17) is 4.42 Å². The summed E-state index contributed by atoms with van der Waals surface area (Å²) in [4.78, 5) is 26.9. The molecule has 0 atom stereocenters. The van der Waals surface area contributed by atoms with Gasteiger partial charge in [0.2, 0.25) is 0 Å². The third kappa shape index (κ3) is 3.88. The number of H-pyrrole nitrogens is 1. The first-order chi connectivity index (χ1) is 12.0. The highest BCUT2D eigenvalue weighted by Gasteiger charge is 2.12. The maximum absolute atomic E-state index is 12.2. The van der Waals surface area contributed by atoms with Crippen molar-refractivity contribution < 1.29 is 9.21 Å². The molecule has 3 aromatic heterocycles. The van der Waals surface area contributed by atoms with Crippen molar-refractivity contribution in [3.05, 3.63) is 63.9 Å². The van der Waals surface area contributed by atoms with Crippen LogP contribution < -0.4 is 10.9 Å². The number of hydrogen-bond donors (Lipinski definition) is 2. The predicted octanol–water partition coefficient (Wildman–Crippen LogP) is 2.27. The number of furan rings is 1. The van der Waals surface area contributed by atoms with E-state index in [1.54, 1.807) is 18.2 Å². The number of pyridine rings is 1. The number of hydrogen-bond acceptors (Lipinski definition) is 4. The second kappa shape index (κ2) is 7.21. The highest BCUT2D eigenvalue weighted by molar-refractivity contribution is 5.93. The summed E-state index contributed by atoms with van der Waals surface area (Å²) in [6.45, 7) is 5.13. The fourth-order valence-electron chi connectivity index (χ4n) is 2.66. The summed E-state index contributed by atoms with van der Waals surface area (Å²) in [5, 5.41) is 7.14. The van der Waals surface area contributed by atoms with Gasteiger partial charge in [0, 0.05) is 18.8 Å². The molecule has 0 unspecified atom stereocenters. The van der Waals surface area contributed by atoms with Gasteiger partial charge in [-0.1, -0.05) is 0 Å². The second-order valence-electron chi connectivity index (χ2n) is 5.85. The molecule has 1 amide bonds. The van der Waals surface area contributed by atoms with Gasteiger partial charge in [0.1, 0.15) is 11.3 Å². The maximum atomic E-state index is 12.2. The minimum atomic E-state index is -0.440. The van der Waals surface area contributed by atoms with E-state index in [0.29, 0.717) is 24.5 Å². The molecule has 7 nitrogen and oxygen atoms in total. The van der Waals surface area contributed by atoms with E-state index in [-0.39, 0.29) is 11.5 Å². The van der Waals surface area contributed by atoms with Crippen LogP contribution in [-0.4, -0.2) is 27.2 Å². The van der Waals surface area contributed by atoms with Crippen molar-refractivity contribution in [2.45, 2.75) is 26.8 Å². The van der Waals surface area contributed by atoms with Gasteiger partial charge in [0.15, 0.2) is 0 Å². The van der Waals surface area contributed by atoms with Crippen LogP contribution in [0.15, 0.2) is 45.8 Å². The Morgan fingerprint density at radius 3 is 2.80 bits per heavy atom. The fourth-order valence-corrected chi connectivity index (χ4v) is 2.66. The van der Waals surface area contributed by atoms with Crippen molar-refractivity contribution in [2.24, 2.45) is 0 Å². The Kier molecular flexibility index (Phi) is 4.83. The molecule has 0 fully saturated rings. The second-order valence-corrected chi connectivity index (χ2v) is 5.85. The number of nitrogens with zero attached hydrogens (tertiary/aromatic N) is 2. The summed E-state index contributed by atoms with van der Waals surface area (Å²) >= 11 is 0. The van der Waals surface area contributed by atoms with Gasteiger partial charge in [-0.05, 0) is 50.6 Å². The molecule has 0 saturated carbocycles. The van der Waals surface area contributed by atoms with Crippen LogP contribution in [0, 0.1) is 13.8 Å². The number of nitrogens with one attached hydrogen (secondary N) is 2. The van der Waals surface area contributed by atoms with E-state index in [9.17, 15) is 9.59 Å². The van der Waals surface area contributed by atoms with Crippen molar-refractivity contribution in [3.63, 3.8) is 0 Å². The first-order valence-corrected chi connectivity index (χ1v) is 8.11. The third-order valence-corrected chi connectivity index (χ3v) is 3.88. The fraction of sp³-hybridized carbons (Fsp3) is 0.278. The molecule has 0 bridgehead atoms. The van der Waals surface area contributed by atoms with Gasteiger partial charge in [-0.3, -0.25) is 14.3 Å². The molecule has 2 N–H and O–H groups in total. The minimum absolute atomic E-state index is 0.0846. The molecule has 25 heavy (non-hydrogen) atoms. The van der Waals surface area contributed by atoms with Gasteiger partial charge in [0.25, 0.3) is 11.5 Å². The van der Waals surface area contributed by atoms with E-state index in [2.05, 4.69) is 15.4 Å². The SMILES string of the molecule is Cc1cc(C)n(CCCNC(=O)c2ccc(-c3ccco3)[nH]c2=O)n1. The van der Waals surface area contributed by atoms with Gasteiger partial charge in [-0.25, -0.2) is 0 Å². The zero-order valence-electron chi connectivity index (χ0n) is 14.2. The molecule has 0 aliphatic carbocycles. The molecule has 130 valence electrons. The van der Waals surface area contributed by atoms with Crippen molar-refractivity contribution in [3.8, 4) is 11.5 Å². The number of amides is 1. The molecular formula is C18H20N4O3. The Morgan fingerprint density at radius 1 is 1.32 bits per heavy atom. The lowest BCUT2D eigenvalue weighted by molar-refractivity contribution is 0.0951. The van der Waals surface area contributed by atoms with Crippen LogP contribution in [0.4, 0.5) is 0 Å². The van der Waals surface area contributed by atoms with E-state index in [1.165, 1.54) is 12.3 Å². The van der Waals surface area contributed by atoms with Gasteiger partial charge >= 0.3 is 0 Å². The molecule has 0 radical (unpaired) electrons. The van der Waals surface area contributed by atoms with E-state index < -0.39 is 5.56 Å². The Bertz CT molecular complexity index is 922. The molecule has 0 saturated heterocycles. The van der Waals surface area contributed by atoms with Crippen LogP contribution in [0.5, 0.6) is 0 Å². The van der Waals surface area contributed by atoms with Crippen molar-refractivity contribution in [1.82, 2.24) is 20.1 Å². The number of carbonyl (C=O) groups excluding carboxylic acids is 1. The lowest BCUT2D eigenvalue weighted by Crippen LogP contribution is -2.30. The predicted molar refractivity (Wildman–Crippen MR) is 93.4 cm³/mol. The van der Waals surface area contributed by atoms with E-state index >= 15 is 0 Å². The Labute approximate surface area is 144 Å². The monoisotopic (exact) mass is 340 g/mol. The Morgan fingerprint density at radius 2 is 2.16 bits per heavy atom. The van der Waals surface area contributed by atoms with Crippen LogP contribution in [-0.2, 0) is 6.54 Å². The van der Waals surface area contributed by atoms with E-state index in [0.717, 1.165) is 17.8 Å². The topological polar surface area (TPSA) is 92.9 Å². The van der Waals surface area contributed by atoms with Gasteiger partial charge in [-0.2, -0.15) is 5.10 Å². The first-order valence-electron chi connectivity index (χ1n) is 8.11. The minimum Gasteiger partial charge on any atom is -0.463 e. The number of aryl methyl sites for hydroxylation is 3. The number of rotatable bonds is 6. The maximum Gasteiger partial charge on any atom is 0.261 e. The van der Waals surface area contributed by atoms with Crippen LogP contribution in [0.2, 0.25) is 0 Å². The van der Waals surface area contributed by atoms with Gasteiger partial charge < -0.3 is 14.7 Å². The third-order valence-electron chi connectivity index (χ3n) is 3.88. The molecule has 3 heterocycles. The smallest absolute Gasteiger partial charge is 0.261 e. The number of aromatic amines is 1. The highest BCUT2D eigenvalue weighted by atomic mass is 16.3. The Balaban J connectivity index is 1.56. The van der Waals surface area contributed by atoms with Crippen LogP contribution in [0.1, 0.15) is 28.2 Å². The molecule has 0 spiro atoms. The normalized spacial score (nSPS) is 10.8. The lowest BCUT2D eigenvalue weighted by Gasteiger charge is -2.07. The van der Waals surface area contributed by atoms with Crippen LogP contribution in [0.3, 0.4) is 0 Å². The number of aromatic nitrogens is 3. The van der Waals surface area contributed by atoms with Crippen LogP contribution >= 0.6 is 0 Å². The zero-order valence-corrected chi connectivity index (χ0v) is 14.2. The first kappa shape index (κ1) is 16.8. The number of carbonyl (C=O) groups is 1.